The van der Waals surface area contributed by atoms with Crippen molar-refractivity contribution in [2.75, 3.05) is 27.2 Å². The van der Waals surface area contributed by atoms with Crippen LogP contribution in [0.3, 0.4) is 0 Å². The Hall–Kier alpha value is -1.09. The van der Waals surface area contributed by atoms with Crippen LogP contribution in [0.15, 0.2) is 18.2 Å². The maximum absolute atomic E-state index is 13.3. The molecule has 90 valence electrons. The van der Waals surface area contributed by atoms with Gasteiger partial charge in [0.2, 0.25) is 0 Å². The van der Waals surface area contributed by atoms with Crippen molar-refractivity contribution in [2.24, 2.45) is 0 Å². The highest BCUT2D eigenvalue weighted by Crippen LogP contribution is 2.22. The second-order valence-electron chi connectivity index (χ2n) is 4.53. The molecule has 2 nitrogen and oxygen atoms in total. The summed E-state index contributed by atoms with van der Waals surface area (Å²) in [4.78, 5) is 2.03. The predicted molar refractivity (Wildman–Crippen MR) is 64.5 cm³/mol. The maximum atomic E-state index is 13.3. The molecule has 0 saturated carbocycles. The smallest absolute Gasteiger partial charge is 0.127 e. The SMILES string of the molecule is CC(C)c1cc(F)cc(OCCN(C)C)c1. The quantitative estimate of drug-likeness (QED) is 0.764. The maximum Gasteiger partial charge on any atom is 0.127 e. The Morgan fingerprint density at radius 1 is 1.25 bits per heavy atom. The summed E-state index contributed by atoms with van der Waals surface area (Å²) in [7, 11) is 3.96. The van der Waals surface area contributed by atoms with E-state index in [2.05, 4.69) is 0 Å². The van der Waals surface area contributed by atoms with Crippen LogP contribution in [0.4, 0.5) is 4.39 Å². The van der Waals surface area contributed by atoms with Crippen molar-refractivity contribution in [1.82, 2.24) is 4.90 Å². The molecule has 0 saturated heterocycles. The zero-order chi connectivity index (χ0) is 12.1. The number of hydrogen-bond acceptors (Lipinski definition) is 2. The van der Waals surface area contributed by atoms with Crippen LogP contribution in [-0.4, -0.2) is 32.1 Å². The van der Waals surface area contributed by atoms with Gasteiger partial charge >= 0.3 is 0 Å². The molecule has 0 aliphatic carbocycles. The van der Waals surface area contributed by atoms with Gasteiger partial charge in [0.25, 0.3) is 0 Å². The van der Waals surface area contributed by atoms with Gasteiger partial charge in [-0.05, 0) is 37.7 Å². The van der Waals surface area contributed by atoms with Crippen LogP contribution in [0.5, 0.6) is 5.75 Å². The highest BCUT2D eigenvalue weighted by molar-refractivity contribution is 5.31. The molecule has 0 fully saturated rings. The average Bonchev–Trinajstić information content (AvgIpc) is 2.16. The minimum Gasteiger partial charge on any atom is -0.492 e. The molecule has 0 aliphatic heterocycles. The fraction of sp³-hybridized carbons (Fsp3) is 0.538. The average molecular weight is 225 g/mol. The highest BCUT2D eigenvalue weighted by Gasteiger charge is 2.05. The van der Waals surface area contributed by atoms with Crippen molar-refractivity contribution >= 4 is 0 Å². The van der Waals surface area contributed by atoms with Gasteiger partial charge in [-0.25, -0.2) is 4.39 Å². The summed E-state index contributed by atoms with van der Waals surface area (Å²) in [6.45, 7) is 5.48. The third-order valence-corrected chi connectivity index (χ3v) is 2.37. The van der Waals surface area contributed by atoms with Crippen molar-refractivity contribution in [2.45, 2.75) is 19.8 Å². The molecular formula is C13H20FNO. The van der Waals surface area contributed by atoms with E-state index in [0.717, 1.165) is 12.1 Å². The lowest BCUT2D eigenvalue weighted by Crippen LogP contribution is -2.19. The van der Waals surface area contributed by atoms with Crippen molar-refractivity contribution in [3.8, 4) is 5.75 Å². The molecule has 3 heteroatoms. The summed E-state index contributed by atoms with van der Waals surface area (Å²) in [6.07, 6.45) is 0. The molecule has 0 radical (unpaired) electrons. The lowest BCUT2D eigenvalue weighted by atomic mass is 10.0. The van der Waals surface area contributed by atoms with Gasteiger partial charge in [-0.2, -0.15) is 0 Å². The number of likely N-dealkylation sites (N-methyl/N-ethyl adjacent to an activating group) is 1. The predicted octanol–water partition coefficient (Wildman–Crippen LogP) is 2.89. The summed E-state index contributed by atoms with van der Waals surface area (Å²) in [5.41, 5.74) is 0.972. The number of ether oxygens (including phenoxy) is 1. The Labute approximate surface area is 97.0 Å². The molecule has 0 atom stereocenters. The molecule has 1 aromatic carbocycles. The zero-order valence-electron chi connectivity index (χ0n) is 10.5. The Balaban J connectivity index is 2.65. The number of benzene rings is 1. The van der Waals surface area contributed by atoms with Crippen LogP contribution in [0.25, 0.3) is 0 Å². The molecule has 16 heavy (non-hydrogen) atoms. The third-order valence-electron chi connectivity index (χ3n) is 2.37. The van der Waals surface area contributed by atoms with Crippen LogP contribution < -0.4 is 4.74 Å². The first kappa shape index (κ1) is 13.0. The Morgan fingerprint density at radius 3 is 2.50 bits per heavy atom. The Bertz CT molecular complexity index is 337. The number of halogens is 1. The molecule has 0 spiro atoms. The van der Waals surface area contributed by atoms with E-state index in [9.17, 15) is 4.39 Å². The van der Waals surface area contributed by atoms with Gasteiger partial charge in [-0.3, -0.25) is 0 Å². The zero-order valence-corrected chi connectivity index (χ0v) is 10.5. The number of nitrogens with zero attached hydrogens (tertiary/aromatic N) is 1. The second-order valence-corrected chi connectivity index (χ2v) is 4.53. The molecular weight excluding hydrogens is 205 g/mol. The summed E-state index contributed by atoms with van der Waals surface area (Å²) in [5.74, 6) is 0.698. The molecule has 1 aromatic rings. The van der Waals surface area contributed by atoms with E-state index in [1.54, 1.807) is 6.07 Å². The lowest BCUT2D eigenvalue weighted by molar-refractivity contribution is 0.260. The summed E-state index contributed by atoms with van der Waals surface area (Å²) in [5, 5.41) is 0. The molecule has 0 amide bonds. The van der Waals surface area contributed by atoms with E-state index in [1.165, 1.54) is 6.07 Å². The van der Waals surface area contributed by atoms with Crippen molar-refractivity contribution in [1.29, 1.82) is 0 Å². The van der Waals surface area contributed by atoms with Crippen LogP contribution in [-0.2, 0) is 0 Å². The lowest BCUT2D eigenvalue weighted by Gasteiger charge is -2.13. The Morgan fingerprint density at radius 2 is 1.94 bits per heavy atom. The normalized spacial score (nSPS) is 11.2. The molecule has 0 heterocycles. The summed E-state index contributed by atoms with van der Waals surface area (Å²) >= 11 is 0. The van der Waals surface area contributed by atoms with E-state index in [0.29, 0.717) is 18.3 Å². The van der Waals surface area contributed by atoms with E-state index >= 15 is 0 Å². The largest absolute Gasteiger partial charge is 0.492 e. The van der Waals surface area contributed by atoms with Gasteiger partial charge in [-0.1, -0.05) is 13.8 Å². The number of rotatable bonds is 5. The second kappa shape index (κ2) is 5.85. The monoisotopic (exact) mass is 225 g/mol. The van der Waals surface area contributed by atoms with E-state index < -0.39 is 0 Å². The molecule has 0 unspecified atom stereocenters. The van der Waals surface area contributed by atoms with E-state index in [4.69, 9.17) is 4.74 Å². The van der Waals surface area contributed by atoms with Crippen LogP contribution in [0.1, 0.15) is 25.3 Å². The topological polar surface area (TPSA) is 12.5 Å². The van der Waals surface area contributed by atoms with Gasteiger partial charge < -0.3 is 9.64 Å². The fourth-order valence-corrected chi connectivity index (χ4v) is 1.35. The molecule has 0 bridgehead atoms. The Kier molecular flexibility index (Phi) is 4.74. The standard InChI is InChI=1S/C13H20FNO/c1-10(2)11-7-12(14)9-13(8-11)16-6-5-15(3)4/h7-10H,5-6H2,1-4H3. The van der Waals surface area contributed by atoms with E-state index in [1.807, 2.05) is 38.9 Å². The third kappa shape index (κ3) is 4.19. The summed E-state index contributed by atoms with van der Waals surface area (Å²) in [6, 6.07) is 4.90. The van der Waals surface area contributed by atoms with Gasteiger partial charge in [0.05, 0.1) is 0 Å². The van der Waals surface area contributed by atoms with Crippen LogP contribution in [0, 0.1) is 5.82 Å². The molecule has 0 aliphatic rings. The van der Waals surface area contributed by atoms with Crippen molar-refractivity contribution < 1.29 is 9.13 Å². The first-order chi connectivity index (χ1) is 7.49. The fourth-order valence-electron chi connectivity index (χ4n) is 1.35. The van der Waals surface area contributed by atoms with E-state index in [-0.39, 0.29) is 5.82 Å². The van der Waals surface area contributed by atoms with Gasteiger partial charge in [-0.15, -0.1) is 0 Å². The van der Waals surface area contributed by atoms with Gasteiger partial charge in [0.1, 0.15) is 18.2 Å². The molecule has 0 aromatic heterocycles. The molecule has 0 N–H and O–H groups in total. The first-order valence-electron chi connectivity index (χ1n) is 5.57. The first-order valence-corrected chi connectivity index (χ1v) is 5.57. The number of hydrogen-bond donors (Lipinski definition) is 0. The van der Waals surface area contributed by atoms with Crippen molar-refractivity contribution in [3.63, 3.8) is 0 Å². The minimum absolute atomic E-state index is 0.231. The van der Waals surface area contributed by atoms with Gasteiger partial charge in [0.15, 0.2) is 0 Å². The van der Waals surface area contributed by atoms with Gasteiger partial charge in [0, 0.05) is 12.6 Å². The summed E-state index contributed by atoms with van der Waals surface area (Å²) < 4.78 is 18.8. The minimum atomic E-state index is -0.231. The van der Waals surface area contributed by atoms with Crippen LogP contribution in [0.2, 0.25) is 0 Å². The molecule has 1 rings (SSSR count). The van der Waals surface area contributed by atoms with Crippen molar-refractivity contribution in [3.05, 3.63) is 29.6 Å². The highest BCUT2D eigenvalue weighted by atomic mass is 19.1. The van der Waals surface area contributed by atoms with Crippen LogP contribution >= 0.6 is 0 Å².